The normalized spacial score (nSPS) is 12.1. The van der Waals surface area contributed by atoms with Gasteiger partial charge in [-0.15, -0.1) is 0 Å². The molecule has 0 aliphatic rings. The number of hydrogen-bond donors (Lipinski definition) is 0. The summed E-state index contributed by atoms with van der Waals surface area (Å²) in [6.07, 6.45) is 0. The van der Waals surface area contributed by atoms with Gasteiger partial charge >= 0.3 is 5.82 Å². The van der Waals surface area contributed by atoms with E-state index in [0.717, 1.165) is 41.3 Å². The van der Waals surface area contributed by atoms with Gasteiger partial charge in [-0.25, -0.2) is 14.1 Å². The second-order valence-electron chi connectivity index (χ2n) is 5.60. The minimum atomic E-state index is 0.573. The summed E-state index contributed by atoms with van der Waals surface area (Å²) in [6.45, 7) is 7.96. The largest absolute Gasteiger partial charge is 0.304 e. The van der Waals surface area contributed by atoms with Crippen molar-refractivity contribution in [1.29, 1.82) is 0 Å². The third-order valence-corrected chi connectivity index (χ3v) is 4.84. The Labute approximate surface area is 152 Å². The predicted octanol–water partition coefficient (Wildman–Crippen LogP) is 5.42. The summed E-state index contributed by atoms with van der Waals surface area (Å²) in [7, 11) is 0. The number of aryl methyl sites for hydroxylation is 2. The first-order valence-electron chi connectivity index (χ1n) is 8.08. The monoisotopic (exact) mass is 360 g/mol. The van der Waals surface area contributed by atoms with Gasteiger partial charge in [0.05, 0.1) is 28.8 Å². The van der Waals surface area contributed by atoms with Gasteiger partial charge in [0, 0.05) is 12.1 Å². The van der Waals surface area contributed by atoms with Crippen molar-refractivity contribution in [3.8, 4) is 0 Å². The molecule has 0 saturated heterocycles. The first-order valence-corrected chi connectivity index (χ1v) is 8.84. The van der Waals surface area contributed by atoms with E-state index in [4.69, 9.17) is 28.2 Å². The predicted molar refractivity (Wildman–Crippen MR) is 102 cm³/mol. The van der Waals surface area contributed by atoms with Crippen molar-refractivity contribution in [2.24, 2.45) is 4.99 Å². The highest BCUT2D eigenvalue weighted by Crippen LogP contribution is 2.28. The van der Waals surface area contributed by atoms with Crippen LogP contribution < -0.4 is 4.57 Å². The molecule has 0 bridgehead atoms. The Balaban J connectivity index is 2.28. The van der Waals surface area contributed by atoms with E-state index in [1.165, 1.54) is 0 Å². The summed E-state index contributed by atoms with van der Waals surface area (Å²) in [5.74, 6) is 1.08. The zero-order valence-corrected chi connectivity index (χ0v) is 15.6. The fraction of sp³-hybridized carbons (Fsp3) is 0.263. The number of rotatable bonds is 4. The number of hydrogen-bond acceptors (Lipinski definition) is 1. The third kappa shape index (κ3) is 2.94. The van der Waals surface area contributed by atoms with E-state index in [9.17, 15) is 0 Å². The molecule has 3 rings (SSSR count). The number of para-hydroxylation sites is 1. The van der Waals surface area contributed by atoms with Crippen LogP contribution in [0.25, 0.3) is 11.0 Å². The smallest absolute Gasteiger partial charge is 0.245 e. The second kappa shape index (κ2) is 6.96. The summed E-state index contributed by atoms with van der Waals surface area (Å²) in [6, 6.07) is 13.9. The summed E-state index contributed by atoms with van der Waals surface area (Å²) in [5, 5.41) is 1.15. The number of fused-ring (bicyclic) bond motifs is 1. The second-order valence-corrected chi connectivity index (χ2v) is 6.41. The molecule has 0 atom stereocenters. The number of halogens is 2. The van der Waals surface area contributed by atoms with E-state index in [-0.39, 0.29) is 0 Å². The maximum atomic E-state index is 6.25. The lowest BCUT2D eigenvalue weighted by Gasteiger charge is -2.02. The molecule has 0 fully saturated rings. The quantitative estimate of drug-likeness (QED) is 0.437. The minimum absolute atomic E-state index is 0.573. The molecule has 2 aromatic carbocycles. The van der Waals surface area contributed by atoms with Gasteiger partial charge in [-0.2, -0.15) is 0 Å². The molecule has 24 heavy (non-hydrogen) atoms. The van der Waals surface area contributed by atoms with E-state index >= 15 is 0 Å². The van der Waals surface area contributed by atoms with Crippen LogP contribution in [0.5, 0.6) is 0 Å². The number of benzene rings is 2. The van der Waals surface area contributed by atoms with Crippen molar-refractivity contribution in [2.45, 2.75) is 33.9 Å². The van der Waals surface area contributed by atoms with Crippen LogP contribution >= 0.6 is 23.2 Å². The topological polar surface area (TPSA) is 21.2 Å². The molecule has 1 heterocycles. The fourth-order valence-electron chi connectivity index (χ4n) is 3.11. The van der Waals surface area contributed by atoms with Gasteiger partial charge in [0.2, 0.25) is 0 Å². The average Bonchev–Trinajstić information content (AvgIpc) is 2.88. The first kappa shape index (κ1) is 17.0. The zero-order valence-electron chi connectivity index (χ0n) is 14.1. The zero-order chi connectivity index (χ0) is 17.3. The number of aliphatic imine (C=N–C) groups is 1. The van der Waals surface area contributed by atoms with Gasteiger partial charge in [0.25, 0.3) is 0 Å². The van der Waals surface area contributed by atoms with E-state index in [2.05, 4.69) is 23.0 Å². The molecule has 0 aliphatic heterocycles. The lowest BCUT2D eigenvalue weighted by Crippen LogP contribution is -2.39. The van der Waals surface area contributed by atoms with Crippen LogP contribution in [0.15, 0.2) is 47.5 Å². The molecule has 1 aromatic heterocycles. The van der Waals surface area contributed by atoms with E-state index in [0.29, 0.717) is 10.0 Å². The SMILES string of the molecule is CCn1c(C(C)=Nc2ccccc2)[n+](CC)c2cc(Cl)c(Cl)cc21. The lowest BCUT2D eigenvalue weighted by atomic mass is 10.3. The maximum absolute atomic E-state index is 6.25. The van der Waals surface area contributed by atoms with Crippen LogP contribution in [0.2, 0.25) is 10.0 Å². The molecule has 3 aromatic rings. The third-order valence-electron chi connectivity index (χ3n) is 4.12. The van der Waals surface area contributed by atoms with Crippen molar-refractivity contribution >= 4 is 45.6 Å². The Morgan fingerprint density at radius 1 is 1.08 bits per heavy atom. The van der Waals surface area contributed by atoms with Crippen LogP contribution in [0.1, 0.15) is 26.6 Å². The Bertz CT molecular complexity index is 865. The Morgan fingerprint density at radius 3 is 2.38 bits per heavy atom. The molecule has 0 unspecified atom stereocenters. The number of aromatic nitrogens is 2. The van der Waals surface area contributed by atoms with E-state index in [1.54, 1.807) is 0 Å². The van der Waals surface area contributed by atoms with Gasteiger partial charge in [-0.05, 0) is 32.9 Å². The van der Waals surface area contributed by atoms with E-state index in [1.807, 2.05) is 49.4 Å². The molecule has 124 valence electrons. The Kier molecular flexibility index (Phi) is 4.93. The first-order chi connectivity index (χ1) is 11.6. The molecule has 0 radical (unpaired) electrons. The molecule has 0 N–H and O–H groups in total. The van der Waals surface area contributed by atoms with Crippen LogP contribution in [0.3, 0.4) is 0 Å². The molecular formula is C19H20Cl2N3+. The van der Waals surface area contributed by atoms with Gasteiger partial charge < -0.3 is 0 Å². The van der Waals surface area contributed by atoms with Gasteiger partial charge in [0.15, 0.2) is 11.0 Å². The van der Waals surface area contributed by atoms with Gasteiger partial charge in [0.1, 0.15) is 5.71 Å². The number of nitrogens with zero attached hydrogens (tertiary/aromatic N) is 3. The van der Waals surface area contributed by atoms with E-state index < -0.39 is 0 Å². The van der Waals surface area contributed by atoms with Crippen molar-refractivity contribution < 1.29 is 4.57 Å². The summed E-state index contributed by atoms with van der Waals surface area (Å²) in [4.78, 5) is 4.80. The van der Waals surface area contributed by atoms with Crippen LogP contribution in [0.4, 0.5) is 5.69 Å². The summed E-state index contributed by atoms with van der Waals surface area (Å²) in [5.41, 5.74) is 4.06. The van der Waals surface area contributed by atoms with Crippen LogP contribution in [-0.2, 0) is 13.1 Å². The van der Waals surface area contributed by atoms with Crippen molar-refractivity contribution in [3.05, 3.63) is 58.3 Å². The average molecular weight is 361 g/mol. The summed E-state index contributed by atoms with van der Waals surface area (Å²) < 4.78 is 4.48. The highest BCUT2D eigenvalue weighted by Gasteiger charge is 2.26. The van der Waals surface area contributed by atoms with Crippen molar-refractivity contribution in [2.75, 3.05) is 0 Å². The molecule has 0 saturated carbocycles. The fourth-order valence-corrected chi connectivity index (χ4v) is 3.42. The summed E-state index contributed by atoms with van der Waals surface area (Å²) >= 11 is 12.5. The molecule has 0 amide bonds. The minimum Gasteiger partial charge on any atom is -0.245 e. The van der Waals surface area contributed by atoms with Gasteiger partial charge in [-0.3, -0.25) is 0 Å². The Morgan fingerprint density at radius 2 is 1.75 bits per heavy atom. The Hall–Kier alpha value is -1.84. The highest BCUT2D eigenvalue weighted by atomic mass is 35.5. The molecule has 3 nitrogen and oxygen atoms in total. The molecule has 0 aliphatic carbocycles. The standard InChI is InChI=1S/C19H20Cl2N3/c1-4-23-17-11-15(20)16(21)12-18(17)24(5-2)19(23)13(3)22-14-9-7-6-8-10-14/h6-12H,4-5H2,1-3H3/q+1. The van der Waals surface area contributed by atoms with Crippen molar-refractivity contribution in [1.82, 2.24) is 4.57 Å². The highest BCUT2D eigenvalue weighted by molar-refractivity contribution is 6.42. The number of imidazole rings is 1. The van der Waals surface area contributed by atoms with Gasteiger partial charge in [-0.1, -0.05) is 41.4 Å². The molecular weight excluding hydrogens is 341 g/mol. The maximum Gasteiger partial charge on any atom is 0.304 e. The van der Waals surface area contributed by atoms with Crippen molar-refractivity contribution in [3.63, 3.8) is 0 Å². The van der Waals surface area contributed by atoms with Crippen LogP contribution in [-0.4, -0.2) is 10.3 Å². The van der Waals surface area contributed by atoms with Crippen LogP contribution in [0, 0.1) is 0 Å². The lowest BCUT2D eigenvalue weighted by molar-refractivity contribution is -0.669. The molecule has 0 spiro atoms. The molecule has 5 heteroatoms.